The number of benzene rings is 3. The van der Waals surface area contributed by atoms with Gasteiger partial charge in [0.05, 0.1) is 4.91 Å². The van der Waals surface area contributed by atoms with Crippen LogP contribution in [0.4, 0.5) is 10.5 Å². The average Bonchev–Trinajstić information content (AvgIpc) is 3.03. The van der Waals surface area contributed by atoms with Crippen LogP contribution in [0.15, 0.2) is 65.6 Å². The lowest BCUT2D eigenvalue weighted by Gasteiger charge is -2.09. The number of anilines is 1. The molecular weight excluding hydrogens is 424 g/mol. The van der Waals surface area contributed by atoms with Crippen LogP contribution in [-0.2, 0) is 9.59 Å². The number of hydrogen-bond donors (Lipinski definition) is 2. The number of hydrogen-bond acceptors (Lipinski definition) is 5. The first-order valence-electron chi connectivity index (χ1n) is 8.93. The Morgan fingerprint density at radius 2 is 1.87 bits per heavy atom. The Balaban J connectivity index is 1.42. The van der Waals surface area contributed by atoms with Gasteiger partial charge in [0, 0.05) is 10.7 Å². The zero-order chi connectivity index (χ0) is 21.1. The SMILES string of the molecule is O=C(COc1ccc2cc(/C=C3/SC(=O)NC3=O)ccc2c1)Nc1cccc(Cl)c1. The van der Waals surface area contributed by atoms with E-state index >= 15 is 0 Å². The minimum atomic E-state index is -0.384. The molecule has 0 atom stereocenters. The van der Waals surface area contributed by atoms with Gasteiger partial charge in [0.15, 0.2) is 6.61 Å². The van der Waals surface area contributed by atoms with Crippen LogP contribution in [0.1, 0.15) is 5.56 Å². The van der Waals surface area contributed by atoms with Crippen molar-refractivity contribution in [2.75, 3.05) is 11.9 Å². The number of imide groups is 1. The number of nitrogens with one attached hydrogen (secondary N) is 2. The van der Waals surface area contributed by atoms with Gasteiger partial charge in [-0.2, -0.15) is 0 Å². The van der Waals surface area contributed by atoms with Crippen LogP contribution in [0.2, 0.25) is 5.02 Å². The third kappa shape index (κ3) is 4.82. The molecule has 1 heterocycles. The molecule has 1 aliphatic rings. The monoisotopic (exact) mass is 438 g/mol. The van der Waals surface area contributed by atoms with Crippen LogP contribution in [0.5, 0.6) is 5.75 Å². The summed E-state index contributed by atoms with van der Waals surface area (Å²) >= 11 is 6.79. The standard InChI is InChI=1S/C22H15ClN2O4S/c23-16-2-1-3-17(11-16)24-20(26)12-29-18-7-6-14-8-13(4-5-15(14)10-18)9-19-21(27)25-22(28)30-19/h1-11H,12H2,(H,24,26)(H,25,27,28)/b19-9+. The molecule has 0 radical (unpaired) electrons. The molecule has 150 valence electrons. The second kappa shape index (κ2) is 8.61. The van der Waals surface area contributed by atoms with Gasteiger partial charge in [-0.3, -0.25) is 19.7 Å². The number of thioether (sulfide) groups is 1. The van der Waals surface area contributed by atoms with Crippen molar-refractivity contribution in [3.05, 3.63) is 76.2 Å². The van der Waals surface area contributed by atoms with Crippen molar-refractivity contribution in [3.8, 4) is 5.75 Å². The fourth-order valence-corrected chi connectivity index (χ4v) is 3.78. The molecular formula is C22H15ClN2O4S. The molecule has 3 amide bonds. The molecule has 1 fully saturated rings. The average molecular weight is 439 g/mol. The maximum atomic E-state index is 12.1. The zero-order valence-corrected chi connectivity index (χ0v) is 17.0. The van der Waals surface area contributed by atoms with Crippen molar-refractivity contribution in [3.63, 3.8) is 0 Å². The molecule has 30 heavy (non-hydrogen) atoms. The molecule has 1 aliphatic heterocycles. The van der Waals surface area contributed by atoms with Crippen LogP contribution in [0.25, 0.3) is 16.8 Å². The van der Waals surface area contributed by atoms with Gasteiger partial charge < -0.3 is 10.1 Å². The summed E-state index contributed by atoms with van der Waals surface area (Å²) in [7, 11) is 0. The van der Waals surface area contributed by atoms with Crippen LogP contribution in [-0.4, -0.2) is 23.7 Å². The second-order valence-corrected chi connectivity index (χ2v) is 7.92. The Hall–Kier alpha value is -3.29. The smallest absolute Gasteiger partial charge is 0.290 e. The predicted octanol–water partition coefficient (Wildman–Crippen LogP) is 4.83. The van der Waals surface area contributed by atoms with Crippen LogP contribution >= 0.6 is 23.4 Å². The van der Waals surface area contributed by atoms with Gasteiger partial charge in [0.1, 0.15) is 5.75 Å². The van der Waals surface area contributed by atoms with E-state index in [-0.39, 0.29) is 23.7 Å². The van der Waals surface area contributed by atoms with Crippen molar-refractivity contribution >= 4 is 63.0 Å². The van der Waals surface area contributed by atoms with Crippen LogP contribution in [0, 0.1) is 0 Å². The van der Waals surface area contributed by atoms with E-state index < -0.39 is 0 Å². The van der Waals surface area contributed by atoms with E-state index in [1.165, 1.54) is 0 Å². The predicted molar refractivity (Wildman–Crippen MR) is 119 cm³/mol. The summed E-state index contributed by atoms with van der Waals surface area (Å²) < 4.78 is 5.59. The van der Waals surface area contributed by atoms with Gasteiger partial charge >= 0.3 is 0 Å². The number of halogens is 1. The second-order valence-electron chi connectivity index (χ2n) is 6.47. The molecule has 6 nitrogen and oxygen atoms in total. The van der Waals surface area contributed by atoms with Gasteiger partial charge in [-0.15, -0.1) is 0 Å². The highest BCUT2D eigenvalue weighted by Crippen LogP contribution is 2.28. The minimum absolute atomic E-state index is 0.136. The molecule has 4 rings (SSSR count). The topological polar surface area (TPSA) is 84.5 Å². The van der Waals surface area contributed by atoms with E-state index in [0.29, 0.717) is 21.4 Å². The number of carbonyl (C=O) groups excluding carboxylic acids is 3. The minimum Gasteiger partial charge on any atom is -0.484 e. The first kappa shape index (κ1) is 20.0. The third-order valence-corrected chi connectivity index (χ3v) is 5.30. The zero-order valence-electron chi connectivity index (χ0n) is 15.5. The highest BCUT2D eigenvalue weighted by molar-refractivity contribution is 8.18. The van der Waals surface area contributed by atoms with E-state index in [9.17, 15) is 14.4 Å². The van der Waals surface area contributed by atoms with Crippen molar-refractivity contribution in [2.24, 2.45) is 0 Å². The van der Waals surface area contributed by atoms with E-state index in [4.69, 9.17) is 16.3 Å². The van der Waals surface area contributed by atoms with E-state index in [2.05, 4.69) is 10.6 Å². The largest absolute Gasteiger partial charge is 0.484 e. The van der Waals surface area contributed by atoms with Crippen molar-refractivity contribution in [1.82, 2.24) is 5.32 Å². The first-order chi connectivity index (χ1) is 14.5. The lowest BCUT2D eigenvalue weighted by molar-refractivity contribution is -0.118. The molecule has 0 aliphatic carbocycles. The molecule has 0 aromatic heterocycles. The summed E-state index contributed by atoms with van der Waals surface area (Å²) in [6.45, 7) is -0.136. The van der Waals surface area contributed by atoms with Crippen LogP contribution < -0.4 is 15.4 Å². The summed E-state index contributed by atoms with van der Waals surface area (Å²) in [5, 5.41) is 6.99. The fraction of sp³-hybridized carbons (Fsp3) is 0.0455. The Kier molecular flexibility index (Phi) is 5.74. The van der Waals surface area contributed by atoms with Crippen molar-refractivity contribution in [1.29, 1.82) is 0 Å². The van der Waals surface area contributed by atoms with Gasteiger partial charge in [-0.05, 0) is 70.6 Å². The summed E-state index contributed by atoms with van der Waals surface area (Å²) in [4.78, 5) is 35.4. The number of rotatable bonds is 5. The quantitative estimate of drug-likeness (QED) is 0.557. The van der Waals surface area contributed by atoms with Gasteiger partial charge in [-0.1, -0.05) is 35.9 Å². The lowest BCUT2D eigenvalue weighted by Crippen LogP contribution is -2.20. The molecule has 2 N–H and O–H groups in total. The Morgan fingerprint density at radius 3 is 2.63 bits per heavy atom. The molecule has 0 saturated carbocycles. The molecule has 0 bridgehead atoms. The highest BCUT2D eigenvalue weighted by atomic mass is 35.5. The van der Waals surface area contributed by atoms with E-state index in [1.807, 2.05) is 30.3 Å². The summed E-state index contributed by atoms with van der Waals surface area (Å²) in [5.74, 6) is -0.114. The fourth-order valence-electron chi connectivity index (χ4n) is 2.91. The molecule has 3 aromatic carbocycles. The van der Waals surface area contributed by atoms with E-state index in [0.717, 1.165) is 28.1 Å². The maximum absolute atomic E-state index is 12.1. The van der Waals surface area contributed by atoms with Gasteiger partial charge in [-0.25, -0.2) is 0 Å². The maximum Gasteiger partial charge on any atom is 0.290 e. The Bertz CT molecular complexity index is 1210. The Morgan fingerprint density at radius 1 is 1.07 bits per heavy atom. The van der Waals surface area contributed by atoms with Crippen molar-refractivity contribution in [2.45, 2.75) is 0 Å². The summed E-state index contributed by atoms with van der Waals surface area (Å²) in [6, 6.07) is 18.0. The number of carbonyl (C=O) groups is 3. The molecule has 3 aromatic rings. The number of ether oxygens (including phenoxy) is 1. The summed E-state index contributed by atoms with van der Waals surface area (Å²) in [5.41, 5.74) is 1.41. The molecule has 0 spiro atoms. The Labute approximate surface area is 181 Å². The van der Waals surface area contributed by atoms with Gasteiger partial charge in [0.2, 0.25) is 0 Å². The van der Waals surface area contributed by atoms with E-state index in [1.54, 1.807) is 36.4 Å². The first-order valence-corrected chi connectivity index (χ1v) is 10.1. The number of fused-ring (bicyclic) bond motifs is 1. The molecule has 1 saturated heterocycles. The number of amides is 3. The van der Waals surface area contributed by atoms with Crippen LogP contribution in [0.3, 0.4) is 0 Å². The normalized spacial score (nSPS) is 14.8. The lowest BCUT2D eigenvalue weighted by atomic mass is 10.1. The molecule has 0 unspecified atom stereocenters. The third-order valence-electron chi connectivity index (χ3n) is 4.25. The highest BCUT2D eigenvalue weighted by Gasteiger charge is 2.24. The summed E-state index contributed by atoms with van der Waals surface area (Å²) in [6.07, 6.45) is 1.68. The van der Waals surface area contributed by atoms with Gasteiger partial charge in [0.25, 0.3) is 17.1 Å². The van der Waals surface area contributed by atoms with Crippen molar-refractivity contribution < 1.29 is 19.1 Å². The molecule has 8 heteroatoms.